The molecule has 10 aromatic rings. The van der Waals surface area contributed by atoms with E-state index in [1.165, 1.54) is 0 Å². The molecule has 0 aliphatic carbocycles. The summed E-state index contributed by atoms with van der Waals surface area (Å²) in [5.74, 6) is -0.209. The van der Waals surface area contributed by atoms with E-state index in [1.807, 2.05) is 6.07 Å². The van der Waals surface area contributed by atoms with Crippen LogP contribution in [0.25, 0.3) is 71.0 Å². The summed E-state index contributed by atoms with van der Waals surface area (Å²) in [6.45, 7) is 5.68. The minimum Gasteiger partial charge on any atom is -0.457 e. The Morgan fingerprint density at radius 2 is 1.42 bits per heavy atom. The predicted octanol–water partition coefficient (Wildman–Crippen LogP) is 14.7. The van der Waals surface area contributed by atoms with Gasteiger partial charge in [-0.15, -0.1) is 0 Å². The molecule has 0 unspecified atom stereocenters. The molecule has 0 atom stereocenters. The van der Waals surface area contributed by atoms with Gasteiger partial charge < -0.3 is 14.2 Å². The summed E-state index contributed by atoms with van der Waals surface area (Å²) >= 11 is 0. The Kier molecular flexibility index (Phi) is 6.29. The highest BCUT2D eigenvalue weighted by molar-refractivity contribution is 6.21. The Bertz CT molecular complexity index is 3830. The van der Waals surface area contributed by atoms with Crippen LogP contribution >= 0.6 is 0 Å². The molecule has 0 saturated carbocycles. The van der Waals surface area contributed by atoms with E-state index in [0.29, 0.717) is 34.3 Å². The molecule has 5 nitrogen and oxygen atoms in total. The summed E-state index contributed by atoms with van der Waals surface area (Å²) in [6.07, 6.45) is 1.59. The number of fused-ring (bicyclic) bond motifs is 10. The molecule has 0 fully saturated rings. The number of hydrogen-bond acceptors (Lipinski definition) is 3. The first-order chi connectivity index (χ1) is 32.0. The van der Waals surface area contributed by atoms with Crippen molar-refractivity contribution in [3.05, 3.63) is 180 Å². The lowest BCUT2D eigenvalue weighted by Crippen LogP contribution is -2.15. The van der Waals surface area contributed by atoms with Crippen molar-refractivity contribution in [1.29, 1.82) is 0 Å². The molecule has 1 aliphatic rings. The first-order valence-electron chi connectivity index (χ1n) is 23.8. The molecule has 11 rings (SSSR count). The molecule has 286 valence electrons. The normalized spacial score (nSPS) is 14.9. The summed E-state index contributed by atoms with van der Waals surface area (Å²) < 4.78 is 80.5. The van der Waals surface area contributed by atoms with E-state index in [4.69, 9.17) is 15.7 Å². The van der Waals surface area contributed by atoms with E-state index < -0.39 is 12.7 Å². The number of hydrogen-bond donors (Lipinski definition) is 0. The largest absolute Gasteiger partial charge is 0.457 e. The Morgan fingerprint density at radius 1 is 0.661 bits per heavy atom. The third-order valence-electron chi connectivity index (χ3n) is 11.8. The average molecular weight is 773 g/mol. The maximum absolute atomic E-state index is 9.04. The molecule has 0 bridgehead atoms. The van der Waals surface area contributed by atoms with E-state index in [9.17, 15) is 0 Å². The van der Waals surface area contributed by atoms with Crippen LogP contribution < -0.4 is 9.64 Å². The van der Waals surface area contributed by atoms with Gasteiger partial charge in [0.05, 0.1) is 33.2 Å². The molecular weight excluding hydrogens is 721 g/mol. The van der Waals surface area contributed by atoms with Crippen LogP contribution in [0.1, 0.15) is 53.0 Å². The Hall–Kier alpha value is -7.11. The summed E-state index contributed by atoms with van der Waals surface area (Å²) in [5, 5.41) is 7.58. The number of pyridine rings is 1. The highest BCUT2D eigenvalue weighted by Crippen LogP contribution is 2.44. The van der Waals surface area contributed by atoms with Gasteiger partial charge in [-0.05, 0) is 107 Å². The SMILES string of the molecule is [2H]c1c([2H])c([2H])c2c(c1[2H])c1ccc(Oc3cc(N4Cn5c6c(C)cccc6c6cc(C)ccc6c6ccccc6c6cccc4c65)ccc3C([2H])([2H])[2H])cc1n2-c1cc(C([2H])(C)C)ccn1. The second-order valence-corrected chi connectivity index (χ2v) is 15.7. The van der Waals surface area contributed by atoms with Crippen molar-refractivity contribution in [2.45, 2.75) is 47.1 Å². The topological polar surface area (TPSA) is 35.2 Å². The van der Waals surface area contributed by atoms with Gasteiger partial charge in [0.25, 0.3) is 0 Å². The minimum atomic E-state index is -2.54. The van der Waals surface area contributed by atoms with Crippen molar-refractivity contribution < 1.29 is 15.7 Å². The zero-order valence-electron chi connectivity index (χ0n) is 41.1. The summed E-state index contributed by atoms with van der Waals surface area (Å²) in [6, 6.07) is 40.7. The molecule has 59 heavy (non-hydrogen) atoms. The van der Waals surface area contributed by atoms with Crippen LogP contribution in [0.4, 0.5) is 11.4 Å². The number of rotatable bonds is 5. The smallest absolute Gasteiger partial charge is 0.137 e. The zero-order valence-corrected chi connectivity index (χ0v) is 33.1. The number of aryl methyl sites for hydroxylation is 3. The number of nitrogens with zero attached hydrogens (tertiary/aromatic N) is 4. The fourth-order valence-electron chi connectivity index (χ4n) is 8.99. The number of para-hydroxylation sites is 3. The molecule has 4 heterocycles. The van der Waals surface area contributed by atoms with Gasteiger partial charge in [0.2, 0.25) is 0 Å². The Labute approximate surface area is 354 Å². The second-order valence-electron chi connectivity index (χ2n) is 15.7. The fourth-order valence-corrected chi connectivity index (χ4v) is 8.99. The van der Waals surface area contributed by atoms with Crippen molar-refractivity contribution in [2.75, 3.05) is 4.90 Å². The Balaban J connectivity index is 1.12. The van der Waals surface area contributed by atoms with Crippen LogP contribution in [0.3, 0.4) is 0 Å². The maximum atomic E-state index is 9.04. The van der Waals surface area contributed by atoms with Crippen LogP contribution in [-0.4, -0.2) is 14.1 Å². The molecule has 0 amide bonds. The van der Waals surface area contributed by atoms with Gasteiger partial charge in [0.1, 0.15) is 24.0 Å². The predicted molar refractivity (Wildman–Crippen MR) is 248 cm³/mol. The van der Waals surface area contributed by atoms with Crippen LogP contribution in [0.2, 0.25) is 0 Å². The molecule has 0 spiro atoms. The summed E-state index contributed by atoms with van der Waals surface area (Å²) in [7, 11) is 0. The van der Waals surface area contributed by atoms with Crippen molar-refractivity contribution in [3.63, 3.8) is 0 Å². The van der Waals surface area contributed by atoms with E-state index in [2.05, 4.69) is 107 Å². The molecule has 5 heteroatoms. The molecule has 7 aromatic carbocycles. The minimum absolute atomic E-state index is 0.0186. The lowest BCUT2D eigenvalue weighted by molar-refractivity contribution is 0.479. The maximum Gasteiger partial charge on any atom is 0.137 e. The van der Waals surface area contributed by atoms with E-state index in [-0.39, 0.29) is 46.7 Å². The second kappa shape index (κ2) is 13.5. The van der Waals surface area contributed by atoms with E-state index in [1.54, 1.807) is 67.1 Å². The third-order valence-corrected chi connectivity index (χ3v) is 11.8. The molecule has 1 aliphatic heterocycles. The van der Waals surface area contributed by atoms with Crippen LogP contribution in [-0.2, 0) is 6.67 Å². The lowest BCUT2D eigenvalue weighted by Gasteiger charge is -2.21. The van der Waals surface area contributed by atoms with Gasteiger partial charge in [-0.25, -0.2) is 4.98 Å². The van der Waals surface area contributed by atoms with Crippen molar-refractivity contribution >= 4 is 76.5 Å². The first-order valence-corrected chi connectivity index (χ1v) is 19.8. The van der Waals surface area contributed by atoms with E-state index >= 15 is 0 Å². The van der Waals surface area contributed by atoms with Gasteiger partial charge in [0, 0.05) is 51.0 Å². The molecular formula is C54H44N4O. The van der Waals surface area contributed by atoms with Gasteiger partial charge in [-0.1, -0.05) is 116 Å². The fraction of sp³-hybridized carbons (Fsp3) is 0.130. The van der Waals surface area contributed by atoms with E-state index in [0.717, 1.165) is 65.9 Å². The standard InChI is InChI=1S/C54H44N4O/c1-33(2)37-26-27-55-52(29-37)58-48-18-9-8-15-43(48)44-25-23-39(31-50(44)58)59-51-30-38(22-21-35(51)4)56-32-57-53-36(5)12-10-16-46(53)47-28-34(3)20-24-42(47)40-13-6-7-14-41(40)45-17-11-19-49(56)54(45)57/h6-31,33H,32H2,1-5H3/i4D3,8D,9D,15D,18D,33D. The van der Waals surface area contributed by atoms with Gasteiger partial charge in [-0.2, -0.15) is 0 Å². The van der Waals surface area contributed by atoms with Gasteiger partial charge in [0.15, 0.2) is 0 Å². The molecule has 0 N–H and O–H groups in total. The Morgan fingerprint density at radius 3 is 2.27 bits per heavy atom. The summed E-state index contributed by atoms with van der Waals surface area (Å²) in [4.78, 5) is 6.84. The van der Waals surface area contributed by atoms with Crippen molar-refractivity contribution in [2.24, 2.45) is 0 Å². The van der Waals surface area contributed by atoms with Crippen molar-refractivity contribution in [3.8, 4) is 17.3 Å². The monoisotopic (exact) mass is 772 g/mol. The van der Waals surface area contributed by atoms with Crippen LogP contribution in [0.5, 0.6) is 11.5 Å². The van der Waals surface area contributed by atoms with Crippen LogP contribution in [0.15, 0.2) is 158 Å². The molecule has 0 radical (unpaired) electrons. The molecule has 0 saturated heterocycles. The number of ether oxygens (including phenoxy) is 1. The third kappa shape index (κ3) is 5.56. The van der Waals surface area contributed by atoms with Crippen LogP contribution in [0, 0.1) is 20.7 Å². The highest BCUT2D eigenvalue weighted by Gasteiger charge is 2.25. The average Bonchev–Trinajstić information content (AvgIpc) is 3.86. The van der Waals surface area contributed by atoms with Gasteiger partial charge >= 0.3 is 0 Å². The number of benzene rings is 7. The first kappa shape index (κ1) is 27.5. The summed E-state index contributed by atoms with van der Waals surface area (Å²) in [5.41, 5.74) is 7.46. The van der Waals surface area contributed by atoms with Crippen molar-refractivity contribution in [1.82, 2.24) is 14.1 Å². The highest BCUT2D eigenvalue weighted by atomic mass is 16.5. The molecule has 3 aromatic heterocycles. The zero-order chi connectivity index (χ0) is 46.8. The number of aromatic nitrogens is 3. The lowest BCUT2D eigenvalue weighted by atomic mass is 9.99. The van der Waals surface area contributed by atoms with Gasteiger partial charge in [-0.3, -0.25) is 4.57 Å². The quantitative estimate of drug-likeness (QED) is 0.175. The number of anilines is 2.